The number of hydrogen-bond acceptors (Lipinski definition) is 3. The van der Waals surface area contributed by atoms with Gasteiger partial charge in [-0.3, -0.25) is 4.84 Å². The normalized spacial score (nSPS) is 18.2. The van der Waals surface area contributed by atoms with Crippen molar-refractivity contribution in [2.75, 3.05) is 13.2 Å². The Kier molecular flexibility index (Phi) is 3.76. The van der Waals surface area contributed by atoms with Crippen molar-refractivity contribution in [3.05, 3.63) is 35.6 Å². The third-order valence-electron chi connectivity index (χ3n) is 2.54. The van der Waals surface area contributed by atoms with Crippen LogP contribution >= 0.6 is 0 Å². The van der Waals surface area contributed by atoms with Crippen LogP contribution in [0.5, 0.6) is 0 Å². The molecule has 0 unspecified atom stereocenters. The molecular weight excluding hydrogens is 245 g/mol. The van der Waals surface area contributed by atoms with Gasteiger partial charge in [-0.1, -0.05) is 16.6 Å². The first kappa shape index (κ1) is 12.5. The Morgan fingerprint density at radius 2 is 1.94 bits per heavy atom. The molecule has 1 heterocycles. The highest BCUT2D eigenvalue weighted by molar-refractivity contribution is 7.88. The number of halogens is 1. The predicted molar refractivity (Wildman–Crippen MR) is 60.9 cm³/mol. The average Bonchev–Trinajstić information content (AvgIpc) is 2.33. The summed E-state index contributed by atoms with van der Waals surface area (Å²) in [5, 5.41) is 0. The predicted octanol–water partition coefficient (Wildman–Crippen LogP) is 1.68. The summed E-state index contributed by atoms with van der Waals surface area (Å²) in [5.74, 6) is -0.534. The van der Waals surface area contributed by atoms with Gasteiger partial charge in [-0.2, -0.15) is 0 Å². The highest BCUT2D eigenvalue weighted by Crippen LogP contribution is 2.16. The Bertz CT molecular complexity index is 466. The van der Waals surface area contributed by atoms with Gasteiger partial charge in [-0.25, -0.2) is 12.8 Å². The van der Waals surface area contributed by atoms with Crippen LogP contribution in [0.25, 0.3) is 0 Å². The van der Waals surface area contributed by atoms with Crippen LogP contribution in [0.2, 0.25) is 0 Å². The molecule has 0 radical (unpaired) electrons. The summed E-state index contributed by atoms with van der Waals surface area (Å²) in [4.78, 5) is 5.11. The van der Waals surface area contributed by atoms with Crippen molar-refractivity contribution in [1.82, 2.24) is 4.47 Å². The molecule has 1 saturated heterocycles. The fourth-order valence-corrected chi connectivity index (χ4v) is 3.06. The minimum atomic E-state index is -3.46. The van der Waals surface area contributed by atoms with Crippen molar-refractivity contribution in [3.63, 3.8) is 0 Å². The monoisotopic (exact) mass is 259 g/mol. The summed E-state index contributed by atoms with van der Waals surface area (Å²) in [6, 6.07) is 5.44. The summed E-state index contributed by atoms with van der Waals surface area (Å²) < 4.78 is 37.6. The Labute approximate surface area is 100 Å². The van der Waals surface area contributed by atoms with Crippen molar-refractivity contribution in [2.24, 2.45) is 0 Å². The molecule has 0 aliphatic carbocycles. The minimum absolute atomic E-state index is 0.159. The van der Waals surface area contributed by atoms with Crippen molar-refractivity contribution in [1.29, 1.82) is 0 Å². The minimum Gasteiger partial charge on any atom is -0.284 e. The van der Waals surface area contributed by atoms with Gasteiger partial charge in [0.25, 0.3) is 0 Å². The molecule has 6 heteroatoms. The fraction of sp³-hybridized carbons (Fsp3) is 0.455. The summed E-state index contributed by atoms with van der Waals surface area (Å²) in [5.41, 5.74) is 0.556. The van der Waals surface area contributed by atoms with E-state index in [2.05, 4.69) is 0 Å². The molecule has 0 saturated carbocycles. The largest absolute Gasteiger partial charge is 0.284 e. The van der Waals surface area contributed by atoms with Crippen LogP contribution in [0.15, 0.2) is 24.3 Å². The van der Waals surface area contributed by atoms with E-state index in [0.717, 1.165) is 17.3 Å². The molecule has 0 aromatic heterocycles. The lowest BCUT2D eigenvalue weighted by Gasteiger charge is -2.25. The van der Waals surface area contributed by atoms with Crippen LogP contribution in [0, 0.1) is 5.82 Å². The quantitative estimate of drug-likeness (QED) is 0.829. The maximum absolute atomic E-state index is 12.7. The number of hydrogen-bond donors (Lipinski definition) is 0. The molecule has 4 nitrogen and oxygen atoms in total. The first-order valence-electron chi connectivity index (χ1n) is 5.46. The van der Waals surface area contributed by atoms with E-state index in [0.29, 0.717) is 18.7 Å². The topological polar surface area (TPSA) is 46.6 Å². The van der Waals surface area contributed by atoms with Crippen molar-refractivity contribution in [3.8, 4) is 0 Å². The van der Waals surface area contributed by atoms with Gasteiger partial charge in [-0.15, -0.1) is 0 Å². The van der Waals surface area contributed by atoms with E-state index < -0.39 is 10.0 Å². The molecule has 2 rings (SSSR count). The summed E-state index contributed by atoms with van der Waals surface area (Å²) >= 11 is 0. The number of sulfonamides is 1. The molecule has 0 bridgehead atoms. The standard InChI is InChI=1S/C11H14FNO3S/c12-11-5-3-10(4-6-11)9-17(14,15)13-7-1-2-8-16-13/h3-6H,1-2,7-9H2. The van der Waals surface area contributed by atoms with Crippen LogP contribution in [-0.2, 0) is 20.6 Å². The number of nitrogens with zero attached hydrogens (tertiary/aromatic N) is 1. The summed E-state index contributed by atoms with van der Waals surface area (Å²) in [6.45, 7) is 0.826. The molecule has 17 heavy (non-hydrogen) atoms. The van der Waals surface area contributed by atoms with Gasteiger partial charge in [0.1, 0.15) is 5.82 Å². The lowest BCUT2D eigenvalue weighted by molar-refractivity contribution is -0.109. The molecular formula is C11H14FNO3S. The Morgan fingerprint density at radius 3 is 2.53 bits per heavy atom. The second kappa shape index (κ2) is 5.12. The van der Waals surface area contributed by atoms with Gasteiger partial charge >= 0.3 is 0 Å². The first-order chi connectivity index (χ1) is 8.08. The van der Waals surface area contributed by atoms with Gasteiger partial charge < -0.3 is 0 Å². The van der Waals surface area contributed by atoms with E-state index in [1.165, 1.54) is 24.3 Å². The molecule has 94 valence electrons. The molecule has 1 aromatic rings. The lowest BCUT2D eigenvalue weighted by atomic mass is 10.2. The maximum Gasteiger partial charge on any atom is 0.240 e. The fourth-order valence-electron chi connectivity index (χ4n) is 1.66. The van der Waals surface area contributed by atoms with Gasteiger partial charge in [0, 0.05) is 6.54 Å². The number of hydroxylamine groups is 1. The Hall–Kier alpha value is -0.980. The van der Waals surface area contributed by atoms with Gasteiger partial charge in [-0.05, 0) is 30.5 Å². The molecule has 0 spiro atoms. The van der Waals surface area contributed by atoms with E-state index in [9.17, 15) is 12.8 Å². The maximum atomic E-state index is 12.7. The van der Waals surface area contributed by atoms with E-state index >= 15 is 0 Å². The smallest absolute Gasteiger partial charge is 0.240 e. The number of benzene rings is 1. The van der Waals surface area contributed by atoms with Crippen molar-refractivity contribution in [2.45, 2.75) is 18.6 Å². The molecule has 0 atom stereocenters. The Morgan fingerprint density at radius 1 is 1.24 bits per heavy atom. The molecule has 1 aliphatic heterocycles. The zero-order chi connectivity index (χ0) is 12.3. The Balaban J connectivity index is 2.08. The second-order valence-corrected chi connectivity index (χ2v) is 5.81. The van der Waals surface area contributed by atoms with Gasteiger partial charge in [0.2, 0.25) is 10.0 Å². The van der Waals surface area contributed by atoms with E-state index in [1.54, 1.807) is 0 Å². The SMILES string of the molecule is O=S(=O)(Cc1ccc(F)cc1)N1CCCCO1. The van der Waals surface area contributed by atoms with Crippen LogP contribution < -0.4 is 0 Å². The van der Waals surface area contributed by atoms with Gasteiger partial charge in [0.05, 0.1) is 12.4 Å². The zero-order valence-electron chi connectivity index (χ0n) is 9.30. The molecule has 1 fully saturated rings. The van der Waals surface area contributed by atoms with Crippen LogP contribution in [0.4, 0.5) is 4.39 Å². The first-order valence-corrected chi connectivity index (χ1v) is 7.07. The molecule has 1 aromatic carbocycles. The molecule has 1 aliphatic rings. The molecule has 0 N–H and O–H groups in total. The summed E-state index contributed by atoms with van der Waals surface area (Å²) in [7, 11) is -3.46. The second-order valence-electron chi connectivity index (χ2n) is 3.95. The third kappa shape index (κ3) is 3.24. The average molecular weight is 259 g/mol. The lowest BCUT2D eigenvalue weighted by Crippen LogP contribution is -2.36. The summed E-state index contributed by atoms with van der Waals surface area (Å²) in [6.07, 6.45) is 1.69. The van der Waals surface area contributed by atoms with E-state index in [1.807, 2.05) is 0 Å². The van der Waals surface area contributed by atoms with Gasteiger partial charge in [0.15, 0.2) is 0 Å². The van der Waals surface area contributed by atoms with E-state index in [4.69, 9.17) is 4.84 Å². The number of rotatable bonds is 3. The van der Waals surface area contributed by atoms with Crippen molar-refractivity contribution < 1.29 is 17.6 Å². The van der Waals surface area contributed by atoms with Crippen LogP contribution in [-0.4, -0.2) is 26.0 Å². The van der Waals surface area contributed by atoms with Crippen molar-refractivity contribution >= 4 is 10.0 Å². The molecule has 0 amide bonds. The van der Waals surface area contributed by atoms with E-state index in [-0.39, 0.29) is 11.6 Å². The van der Waals surface area contributed by atoms with Crippen LogP contribution in [0.1, 0.15) is 18.4 Å². The third-order valence-corrected chi connectivity index (χ3v) is 4.15. The highest BCUT2D eigenvalue weighted by Gasteiger charge is 2.25. The highest BCUT2D eigenvalue weighted by atomic mass is 32.2. The van der Waals surface area contributed by atoms with Crippen LogP contribution in [0.3, 0.4) is 0 Å². The zero-order valence-corrected chi connectivity index (χ0v) is 10.1.